The van der Waals surface area contributed by atoms with Crippen LogP contribution in [0.15, 0.2) is 91.0 Å². The van der Waals surface area contributed by atoms with Crippen molar-refractivity contribution in [2.75, 3.05) is 0 Å². The molecular weight excluding hydrogens is 395 g/mol. The number of unbranched alkanes of at least 4 members (excludes halogenated alkanes) is 3. The van der Waals surface area contributed by atoms with Crippen molar-refractivity contribution in [3.8, 4) is 0 Å². The van der Waals surface area contributed by atoms with E-state index in [1.807, 2.05) is 0 Å². The fourth-order valence-corrected chi connectivity index (χ4v) is 9.05. The highest BCUT2D eigenvalue weighted by atomic mass is 31.2. The Morgan fingerprint density at radius 1 is 0.581 bits per heavy atom. The maximum absolute atomic E-state index is 13.9. The van der Waals surface area contributed by atoms with Gasteiger partial charge in [0.2, 0.25) is 0 Å². The van der Waals surface area contributed by atoms with E-state index in [4.69, 9.17) is 0 Å². The molecule has 0 aliphatic heterocycles. The van der Waals surface area contributed by atoms with E-state index in [0.29, 0.717) is 12.2 Å². The fourth-order valence-electron chi connectivity index (χ4n) is 4.39. The number of hydrogen-bond donors (Lipinski definition) is 0. The highest BCUT2D eigenvalue weighted by Crippen LogP contribution is 2.47. The van der Waals surface area contributed by atoms with Crippen LogP contribution in [-0.2, 0) is 4.79 Å². The summed E-state index contributed by atoms with van der Waals surface area (Å²) in [6.45, 7) is 2.18. The molecule has 0 atom stereocenters. The lowest BCUT2D eigenvalue weighted by Gasteiger charge is -2.32. The minimum Gasteiger partial charge on any atom is -0.294 e. The summed E-state index contributed by atoms with van der Waals surface area (Å²) in [6, 6.07) is 32.3. The molecule has 0 saturated heterocycles. The highest BCUT2D eigenvalue weighted by Gasteiger charge is 2.32. The zero-order valence-corrected chi connectivity index (χ0v) is 19.9. The normalized spacial score (nSPS) is 11.3. The Hall–Kier alpha value is -2.37. The molecule has 3 rings (SSSR count). The second-order valence-corrected chi connectivity index (χ2v) is 11.5. The standard InChI is InChI=1S/C29H35OP/c1-3-5-10-23-28(30)29(24-6-4-2)31(25-17-11-7-12-18-25,26-19-13-8-14-20-26)27-21-15-9-16-22-27/h7-9,11-22H,3-6,10,23-24H2,1-2H3. The predicted molar refractivity (Wildman–Crippen MR) is 139 cm³/mol. The summed E-state index contributed by atoms with van der Waals surface area (Å²) >= 11 is 0. The van der Waals surface area contributed by atoms with Gasteiger partial charge in [-0.1, -0.05) is 124 Å². The summed E-state index contributed by atoms with van der Waals surface area (Å²) in [5, 5.41) is 4.99. The Labute approximate surface area is 188 Å². The van der Waals surface area contributed by atoms with Gasteiger partial charge in [0.05, 0.1) is 0 Å². The Morgan fingerprint density at radius 2 is 1.00 bits per heavy atom. The smallest absolute Gasteiger partial charge is 0.159 e. The van der Waals surface area contributed by atoms with E-state index in [-0.39, 0.29) is 0 Å². The molecule has 0 heterocycles. The average molecular weight is 431 g/mol. The van der Waals surface area contributed by atoms with E-state index in [9.17, 15) is 4.79 Å². The zero-order valence-electron chi connectivity index (χ0n) is 19.0. The van der Waals surface area contributed by atoms with Crippen LogP contribution in [0.5, 0.6) is 0 Å². The van der Waals surface area contributed by atoms with Gasteiger partial charge in [-0.3, -0.25) is 4.79 Å². The van der Waals surface area contributed by atoms with Gasteiger partial charge in [-0.25, -0.2) is 0 Å². The molecular formula is C29H35OP. The van der Waals surface area contributed by atoms with Crippen LogP contribution in [0.2, 0.25) is 0 Å². The second kappa shape index (κ2) is 11.9. The van der Waals surface area contributed by atoms with E-state index < -0.39 is 6.89 Å². The zero-order chi connectivity index (χ0) is 21.9. The molecule has 0 spiro atoms. The van der Waals surface area contributed by atoms with Crippen molar-refractivity contribution in [3.63, 3.8) is 0 Å². The van der Waals surface area contributed by atoms with Crippen LogP contribution in [0.1, 0.15) is 58.8 Å². The summed E-state index contributed by atoms with van der Waals surface area (Å²) in [5.41, 5.74) is 0. The first-order chi connectivity index (χ1) is 15.2. The molecule has 0 fully saturated rings. The number of carbonyl (C=O) groups excluding carboxylic acids is 1. The molecule has 31 heavy (non-hydrogen) atoms. The summed E-state index contributed by atoms with van der Waals surface area (Å²) in [6.07, 6.45) is 6.87. The van der Waals surface area contributed by atoms with Gasteiger partial charge < -0.3 is 0 Å². The molecule has 0 N–H and O–H groups in total. The lowest BCUT2D eigenvalue weighted by molar-refractivity contribution is -0.113. The molecule has 0 saturated carbocycles. The summed E-state index contributed by atoms with van der Waals surface area (Å²) in [4.78, 5) is 13.9. The molecule has 3 aromatic rings. The Balaban J connectivity index is 2.41. The van der Waals surface area contributed by atoms with Crippen molar-refractivity contribution in [2.24, 2.45) is 0 Å². The first-order valence-corrected chi connectivity index (χ1v) is 13.5. The van der Waals surface area contributed by atoms with Crippen LogP contribution in [0.3, 0.4) is 0 Å². The van der Waals surface area contributed by atoms with Gasteiger partial charge in [0, 0.05) is 11.7 Å². The van der Waals surface area contributed by atoms with Crippen LogP contribution in [-0.4, -0.2) is 11.1 Å². The third kappa shape index (κ3) is 5.28. The molecule has 0 aliphatic carbocycles. The average Bonchev–Trinajstić information content (AvgIpc) is 2.83. The lowest BCUT2D eigenvalue weighted by Crippen LogP contribution is -2.33. The van der Waals surface area contributed by atoms with Crippen LogP contribution in [0.25, 0.3) is 0 Å². The van der Waals surface area contributed by atoms with Gasteiger partial charge in [-0.15, -0.1) is 0 Å². The van der Waals surface area contributed by atoms with Crippen molar-refractivity contribution in [3.05, 3.63) is 91.0 Å². The molecule has 0 amide bonds. The van der Waals surface area contributed by atoms with Crippen molar-refractivity contribution >= 4 is 33.9 Å². The maximum atomic E-state index is 13.9. The SMILES string of the molecule is CCCCCC(=O)C(CCCC)=P(c1ccccc1)(c1ccccc1)c1ccccc1. The van der Waals surface area contributed by atoms with Crippen LogP contribution >= 0.6 is 6.89 Å². The molecule has 3 aromatic carbocycles. The number of ketones is 1. The molecule has 2 heteroatoms. The van der Waals surface area contributed by atoms with Crippen molar-refractivity contribution in [1.82, 2.24) is 0 Å². The largest absolute Gasteiger partial charge is 0.294 e. The van der Waals surface area contributed by atoms with E-state index >= 15 is 0 Å². The van der Waals surface area contributed by atoms with Gasteiger partial charge in [0.25, 0.3) is 0 Å². The van der Waals surface area contributed by atoms with Gasteiger partial charge >= 0.3 is 0 Å². The molecule has 0 aromatic heterocycles. The van der Waals surface area contributed by atoms with Crippen molar-refractivity contribution < 1.29 is 4.79 Å². The molecule has 0 bridgehead atoms. The van der Waals surface area contributed by atoms with Crippen LogP contribution in [0.4, 0.5) is 0 Å². The highest BCUT2D eigenvalue weighted by molar-refractivity contribution is 7.96. The first kappa shape index (κ1) is 23.3. The Bertz CT molecular complexity index is 887. The fraction of sp³-hybridized carbons (Fsp3) is 0.310. The van der Waals surface area contributed by atoms with E-state index in [1.54, 1.807) is 0 Å². The summed E-state index contributed by atoms with van der Waals surface area (Å²) in [5.74, 6) is 0.367. The molecule has 0 radical (unpaired) electrons. The lowest BCUT2D eigenvalue weighted by atomic mass is 10.1. The number of carbonyl (C=O) groups is 1. The quantitative estimate of drug-likeness (QED) is 0.251. The van der Waals surface area contributed by atoms with Gasteiger partial charge in [0.1, 0.15) is 0 Å². The second-order valence-electron chi connectivity index (χ2n) is 8.11. The topological polar surface area (TPSA) is 17.1 Å². The maximum Gasteiger partial charge on any atom is 0.159 e. The predicted octanol–water partition coefficient (Wildman–Crippen LogP) is 6.49. The third-order valence-electron chi connectivity index (χ3n) is 5.93. The third-order valence-corrected chi connectivity index (χ3v) is 10.4. The number of rotatable bonds is 11. The van der Waals surface area contributed by atoms with Gasteiger partial charge in [0.15, 0.2) is 5.78 Å². The number of Topliss-reactive ketones (excluding diaryl/α,β-unsaturated/α-hetero) is 1. The van der Waals surface area contributed by atoms with Crippen LogP contribution < -0.4 is 15.9 Å². The number of hydrogen-bond acceptors (Lipinski definition) is 1. The Kier molecular flexibility index (Phi) is 8.92. The number of benzene rings is 3. The minimum atomic E-state index is -2.23. The van der Waals surface area contributed by atoms with Crippen molar-refractivity contribution in [1.29, 1.82) is 0 Å². The van der Waals surface area contributed by atoms with Crippen molar-refractivity contribution in [2.45, 2.75) is 58.8 Å². The van der Waals surface area contributed by atoms with E-state index in [0.717, 1.165) is 43.8 Å². The monoisotopic (exact) mass is 430 g/mol. The minimum absolute atomic E-state index is 0.367. The molecule has 0 aliphatic rings. The summed E-state index contributed by atoms with van der Waals surface area (Å²) in [7, 11) is 0. The molecule has 162 valence electrons. The van der Waals surface area contributed by atoms with Crippen LogP contribution in [0, 0.1) is 0 Å². The first-order valence-electron chi connectivity index (χ1n) is 11.7. The summed E-state index contributed by atoms with van der Waals surface area (Å²) < 4.78 is 0. The van der Waals surface area contributed by atoms with Gasteiger partial charge in [-0.2, -0.15) is 0 Å². The van der Waals surface area contributed by atoms with E-state index in [2.05, 4.69) is 105 Å². The van der Waals surface area contributed by atoms with E-state index in [1.165, 1.54) is 15.9 Å². The van der Waals surface area contributed by atoms with Gasteiger partial charge in [-0.05, 0) is 42.1 Å². The molecule has 0 unspecified atom stereocenters. The Morgan fingerprint density at radius 3 is 1.39 bits per heavy atom. The molecule has 1 nitrogen and oxygen atoms in total.